The monoisotopic (exact) mass is 248 g/mol. The minimum Gasteiger partial charge on any atom is -0.480 e. The van der Waals surface area contributed by atoms with E-state index >= 15 is 0 Å². The number of likely N-dealkylation sites (N-methyl/N-ethyl adjacent to an activating group) is 1. The van der Waals surface area contributed by atoms with E-state index in [9.17, 15) is 9.90 Å². The van der Waals surface area contributed by atoms with Gasteiger partial charge in [-0.1, -0.05) is 6.07 Å². The highest BCUT2D eigenvalue weighted by Gasteiger charge is 2.44. The molecule has 1 aromatic rings. The standard InChI is InChI=1S/C14H20N2O2/c1-16-10-4-8-14(16,13(17)18)7-2-5-12-6-3-9-15-11-12/h3,6,9,11H,2,4-5,7-8,10H2,1H3,(H,17,18)/t14-/m1/s1. The number of hydrogen-bond donors (Lipinski definition) is 1. The normalized spacial score (nSPS) is 24.3. The van der Waals surface area contributed by atoms with Crippen molar-refractivity contribution < 1.29 is 9.90 Å². The minimum atomic E-state index is -0.673. The third kappa shape index (κ3) is 2.53. The van der Waals surface area contributed by atoms with Crippen LogP contribution in [0.25, 0.3) is 0 Å². The highest BCUT2D eigenvalue weighted by Crippen LogP contribution is 2.32. The largest absolute Gasteiger partial charge is 0.480 e. The second-order valence-corrected chi connectivity index (χ2v) is 5.08. The Bertz CT molecular complexity index is 408. The molecule has 0 aromatic carbocycles. The molecule has 1 atom stereocenters. The van der Waals surface area contributed by atoms with Crippen molar-refractivity contribution in [1.82, 2.24) is 9.88 Å². The average molecular weight is 248 g/mol. The van der Waals surface area contributed by atoms with E-state index < -0.39 is 11.5 Å². The molecule has 0 spiro atoms. The third-order valence-electron chi connectivity index (χ3n) is 3.99. The molecule has 18 heavy (non-hydrogen) atoms. The number of aromatic nitrogens is 1. The van der Waals surface area contributed by atoms with Crippen molar-refractivity contribution in [2.24, 2.45) is 0 Å². The number of aliphatic carboxylic acids is 1. The fourth-order valence-corrected chi connectivity index (χ4v) is 2.84. The van der Waals surface area contributed by atoms with Crippen LogP contribution in [0, 0.1) is 0 Å². The van der Waals surface area contributed by atoms with Crippen molar-refractivity contribution in [2.75, 3.05) is 13.6 Å². The quantitative estimate of drug-likeness (QED) is 0.865. The van der Waals surface area contributed by atoms with E-state index in [1.807, 2.05) is 30.3 Å². The molecule has 0 bridgehead atoms. The van der Waals surface area contributed by atoms with Crippen molar-refractivity contribution in [3.8, 4) is 0 Å². The lowest BCUT2D eigenvalue weighted by atomic mass is 9.89. The van der Waals surface area contributed by atoms with Gasteiger partial charge in [0, 0.05) is 12.4 Å². The Balaban J connectivity index is 1.93. The van der Waals surface area contributed by atoms with E-state index in [4.69, 9.17) is 0 Å². The molecule has 1 aromatic heterocycles. The first-order valence-electron chi connectivity index (χ1n) is 6.49. The lowest BCUT2D eigenvalue weighted by Crippen LogP contribution is -2.48. The van der Waals surface area contributed by atoms with Crippen molar-refractivity contribution >= 4 is 5.97 Å². The minimum absolute atomic E-state index is 0.637. The van der Waals surface area contributed by atoms with Gasteiger partial charge in [-0.15, -0.1) is 0 Å². The van der Waals surface area contributed by atoms with E-state index in [0.29, 0.717) is 6.42 Å². The van der Waals surface area contributed by atoms with Crippen LogP contribution in [-0.4, -0.2) is 40.1 Å². The van der Waals surface area contributed by atoms with E-state index in [1.54, 1.807) is 6.20 Å². The van der Waals surface area contributed by atoms with Gasteiger partial charge in [-0.3, -0.25) is 14.7 Å². The number of hydrogen-bond acceptors (Lipinski definition) is 3. The van der Waals surface area contributed by atoms with Crippen LogP contribution >= 0.6 is 0 Å². The first-order valence-corrected chi connectivity index (χ1v) is 6.49. The Labute approximate surface area is 108 Å². The number of rotatable bonds is 5. The number of nitrogens with zero attached hydrogens (tertiary/aromatic N) is 2. The van der Waals surface area contributed by atoms with Gasteiger partial charge in [-0.2, -0.15) is 0 Å². The maximum Gasteiger partial charge on any atom is 0.324 e. The first kappa shape index (κ1) is 13.0. The lowest BCUT2D eigenvalue weighted by molar-refractivity contribution is -0.149. The first-order chi connectivity index (χ1) is 8.65. The average Bonchev–Trinajstić information content (AvgIpc) is 2.73. The SMILES string of the molecule is CN1CCC[C@]1(CCCc1cccnc1)C(=O)O. The Morgan fingerprint density at radius 3 is 3.00 bits per heavy atom. The van der Waals surface area contributed by atoms with Crippen LogP contribution in [0.3, 0.4) is 0 Å². The molecule has 0 amide bonds. The Hall–Kier alpha value is -1.42. The molecule has 1 aliphatic heterocycles. The summed E-state index contributed by atoms with van der Waals surface area (Å²) in [5.41, 5.74) is 0.543. The van der Waals surface area contributed by atoms with E-state index in [-0.39, 0.29) is 0 Å². The molecule has 2 rings (SSSR count). The summed E-state index contributed by atoms with van der Waals surface area (Å²) < 4.78 is 0. The fraction of sp³-hybridized carbons (Fsp3) is 0.571. The number of pyridine rings is 1. The van der Waals surface area contributed by atoms with Crippen LogP contribution in [0.4, 0.5) is 0 Å². The number of carboxylic acid groups (broad SMARTS) is 1. The molecule has 4 nitrogen and oxygen atoms in total. The lowest BCUT2D eigenvalue weighted by Gasteiger charge is -2.31. The Morgan fingerprint density at radius 2 is 2.44 bits per heavy atom. The highest BCUT2D eigenvalue weighted by atomic mass is 16.4. The van der Waals surface area contributed by atoms with Crippen molar-refractivity contribution in [1.29, 1.82) is 0 Å². The third-order valence-corrected chi connectivity index (χ3v) is 3.99. The number of likely N-dealkylation sites (tertiary alicyclic amines) is 1. The van der Waals surface area contributed by atoms with Gasteiger partial charge in [0.15, 0.2) is 0 Å². The van der Waals surface area contributed by atoms with Gasteiger partial charge in [0.25, 0.3) is 0 Å². The van der Waals surface area contributed by atoms with Gasteiger partial charge in [-0.05, 0) is 57.3 Å². The van der Waals surface area contributed by atoms with Crippen LogP contribution in [-0.2, 0) is 11.2 Å². The second-order valence-electron chi connectivity index (χ2n) is 5.08. The number of aryl methyl sites for hydroxylation is 1. The van der Waals surface area contributed by atoms with E-state index in [2.05, 4.69) is 4.98 Å². The van der Waals surface area contributed by atoms with Crippen LogP contribution < -0.4 is 0 Å². The van der Waals surface area contributed by atoms with Crippen molar-refractivity contribution in [2.45, 2.75) is 37.6 Å². The molecule has 2 heterocycles. The smallest absolute Gasteiger partial charge is 0.324 e. The molecule has 1 N–H and O–H groups in total. The maximum absolute atomic E-state index is 11.5. The van der Waals surface area contributed by atoms with Crippen LogP contribution in [0.15, 0.2) is 24.5 Å². The molecule has 1 aliphatic rings. The summed E-state index contributed by atoms with van der Waals surface area (Å²) in [6.45, 7) is 0.888. The second kappa shape index (κ2) is 5.48. The summed E-state index contributed by atoms with van der Waals surface area (Å²) in [6.07, 6.45) is 7.87. The van der Waals surface area contributed by atoms with E-state index in [1.165, 1.54) is 5.56 Å². The molecular weight excluding hydrogens is 228 g/mol. The van der Waals surface area contributed by atoms with Gasteiger partial charge >= 0.3 is 5.97 Å². The number of carboxylic acids is 1. The molecule has 1 fully saturated rings. The summed E-state index contributed by atoms with van der Waals surface area (Å²) in [6, 6.07) is 3.96. The van der Waals surface area contributed by atoms with Gasteiger partial charge in [0.05, 0.1) is 0 Å². The summed E-state index contributed by atoms with van der Waals surface area (Å²) in [5, 5.41) is 9.48. The van der Waals surface area contributed by atoms with Gasteiger partial charge in [0.2, 0.25) is 0 Å². The summed E-state index contributed by atoms with van der Waals surface area (Å²) in [7, 11) is 1.92. The molecule has 98 valence electrons. The zero-order chi connectivity index (χ0) is 13.0. The number of carbonyl (C=O) groups is 1. The Morgan fingerprint density at radius 1 is 1.61 bits per heavy atom. The van der Waals surface area contributed by atoms with E-state index in [0.717, 1.165) is 32.2 Å². The predicted octanol–water partition coefficient (Wildman–Crippen LogP) is 1.95. The summed E-state index contributed by atoms with van der Waals surface area (Å²) >= 11 is 0. The fourth-order valence-electron chi connectivity index (χ4n) is 2.84. The van der Waals surface area contributed by atoms with Gasteiger partial charge < -0.3 is 5.11 Å². The topological polar surface area (TPSA) is 53.4 Å². The summed E-state index contributed by atoms with van der Waals surface area (Å²) in [5.74, 6) is -0.673. The maximum atomic E-state index is 11.5. The molecule has 0 radical (unpaired) electrons. The van der Waals surface area contributed by atoms with Crippen LogP contribution in [0.5, 0.6) is 0 Å². The van der Waals surface area contributed by atoms with Crippen LogP contribution in [0.2, 0.25) is 0 Å². The molecule has 4 heteroatoms. The van der Waals surface area contributed by atoms with Gasteiger partial charge in [0.1, 0.15) is 5.54 Å². The van der Waals surface area contributed by atoms with Crippen molar-refractivity contribution in [3.63, 3.8) is 0 Å². The zero-order valence-electron chi connectivity index (χ0n) is 10.8. The molecular formula is C14H20N2O2. The molecule has 1 saturated heterocycles. The zero-order valence-corrected chi connectivity index (χ0v) is 10.8. The molecule has 0 unspecified atom stereocenters. The van der Waals surface area contributed by atoms with Crippen LogP contribution in [0.1, 0.15) is 31.2 Å². The highest BCUT2D eigenvalue weighted by molar-refractivity contribution is 5.79. The molecule has 0 saturated carbocycles. The Kier molecular flexibility index (Phi) is 3.97. The molecule has 0 aliphatic carbocycles. The predicted molar refractivity (Wildman–Crippen MR) is 69.4 cm³/mol. The van der Waals surface area contributed by atoms with Gasteiger partial charge in [-0.25, -0.2) is 0 Å². The van der Waals surface area contributed by atoms with Crippen molar-refractivity contribution in [3.05, 3.63) is 30.1 Å². The summed E-state index contributed by atoms with van der Waals surface area (Å²) in [4.78, 5) is 17.6.